The van der Waals surface area contributed by atoms with Crippen LogP contribution in [0.1, 0.15) is 32.6 Å². The zero-order valence-corrected chi connectivity index (χ0v) is 12.2. The molecule has 0 saturated carbocycles. The fourth-order valence-corrected chi connectivity index (χ4v) is 3.74. The lowest BCUT2D eigenvalue weighted by Crippen LogP contribution is -2.36. The van der Waals surface area contributed by atoms with Crippen molar-refractivity contribution in [3.8, 4) is 0 Å². The third kappa shape index (κ3) is 2.55. The molecule has 3 aliphatic heterocycles. The molecule has 3 heterocycles. The Labute approximate surface area is 120 Å². The van der Waals surface area contributed by atoms with E-state index in [1.165, 1.54) is 0 Å². The van der Waals surface area contributed by atoms with E-state index in [1.54, 1.807) is 0 Å². The SMILES string of the molecule is CCCC(=O)N1C[C@@H]2[C@H](CN3CCCC3=O)CO[C@@H]2C1. The van der Waals surface area contributed by atoms with E-state index in [2.05, 4.69) is 0 Å². The Morgan fingerprint density at radius 1 is 1.40 bits per heavy atom. The minimum Gasteiger partial charge on any atom is -0.376 e. The van der Waals surface area contributed by atoms with Crippen molar-refractivity contribution < 1.29 is 14.3 Å². The summed E-state index contributed by atoms with van der Waals surface area (Å²) < 4.78 is 5.86. The Morgan fingerprint density at radius 2 is 2.25 bits per heavy atom. The van der Waals surface area contributed by atoms with Crippen molar-refractivity contribution in [2.45, 2.75) is 38.7 Å². The number of amides is 2. The summed E-state index contributed by atoms with van der Waals surface area (Å²) in [5, 5.41) is 0. The summed E-state index contributed by atoms with van der Waals surface area (Å²) in [6, 6.07) is 0. The largest absolute Gasteiger partial charge is 0.376 e. The quantitative estimate of drug-likeness (QED) is 0.768. The Morgan fingerprint density at radius 3 is 2.95 bits per heavy atom. The van der Waals surface area contributed by atoms with Crippen LogP contribution in [-0.2, 0) is 14.3 Å². The Kier molecular flexibility index (Phi) is 3.96. The van der Waals surface area contributed by atoms with Crippen molar-refractivity contribution in [2.24, 2.45) is 11.8 Å². The van der Waals surface area contributed by atoms with Gasteiger partial charge in [0.1, 0.15) is 0 Å². The van der Waals surface area contributed by atoms with E-state index < -0.39 is 0 Å². The van der Waals surface area contributed by atoms with Gasteiger partial charge in [0.25, 0.3) is 0 Å². The maximum absolute atomic E-state index is 12.0. The lowest BCUT2D eigenvalue weighted by atomic mass is 9.93. The van der Waals surface area contributed by atoms with Gasteiger partial charge >= 0.3 is 0 Å². The van der Waals surface area contributed by atoms with Crippen molar-refractivity contribution in [3.05, 3.63) is 0 Å². The van der Waals surface area contributed by atoms with Crippen LogP contribution in [-0.4, -0.2) is 60.5 Å². The fourth-order valence-electron chi connectivity index (χ4n) is 3.74. The number of likely N-dealkylation sites (tertiary alicyclic amines) is 2. The molecule has 0 aromatic rings. The van der Waals surface area contributed by atoms with Gasteiger partial charge in [0.2, 0.25) is 11.8 Å². The normalized spacial score (nSPS) is 33.0. The van der Waals surface area contributed by atoms with E-state index in [0.717, 1.165) is 45.6 Å². The Hall–Kier alpha value is -1.10. The van der Waals surface area contributed by atoms with E-state index in [9.17, 15) is 9.59 Å². The number of carbonyl (C=O) groups is 2. The molecule has 0 aromatic heterocycles. The second-order valence-corrected chi connectivity index (χ2v) is 6.29. The summed E-state index contributed by atoms with van der Waals surface area (Å²) in [4.78, 5) is 27.7. The zero-order valence-electron chi connectivity index (χ0n) is 12.2. The molecule has 112 valence electrons. The van der Waals surface area contributed by atoms with Gasteiger partial charge in [-0.05, 0) is 12.8 Å². The number of hydrogen-bond acceptors (Lipinski definition) is 3. The predicted molar refractivity (Wildman–Crippen MR) is 74.0 cm³/mol. The minimum absolute atomic E-state index is 0.193. The van der Waals surface area contributed by atoms with Crippen LogP contribution in [0.5, 0.6) is 0 Å². The molecule has 0 N–H and O–H groups in total. The van der Waals surface area contributed by atoms with Gasteiger partial charge in [-0.2, -0.15) is 0 Å². The van der Waals surface area contributed by atoms with E-state index in [4.69, 9.17) is 4.74 Å². The molecule has 5 nitrogen and oxygen atoms in total. The van der Waals surface area contributed by atoms with Crippen LogP contribution < -0.4 is 0 Å². The van der Waals surface area contributed by atoms with Gasteiger partial charge in [-0.25, -0.2) is 0 Å². The van der Waals surface area contributed by atoms with Crippen LogP contribution in [0.3, 0.4) is 0 Å². The maximum Gasteiger partial charge on any atom is 0.222 e. The summed E-state index contributed by atoms with van der Waals surface area (Å²) >= 11 is 0. The van der Waals surface area contributed by atoms with Gasteiger partial charge in [0.05, 0.1) is 12.7 Å². The van der Waals surface area contributed by atoms with Crippen LogP contribution in [0.4, 0.5) is 0 Å². The summed E-state index contributed by atoms with van der Waals surface area (Å²) in [6.45, 7) is 6.05. The van der Waals surface area contributed by atoms with Gasteiger partial charge in [0.15, 0.2) is 0 Å². The lowest BCUT2D eigenvalue weighted by molar-refractivity contribution is -0.131. The first-order valence-corrected chi connectivity index (χ1v) is 7.86. The first-order valence-electron chi connectivity index (χ1n) is 7.86. The molecule has 5 heteroatoms. The number of rotatable bonds is 4. The molecule has 0 aliphatic carbocycles. The van der Waals surface area contributed by atoms with Gasteiger partial charge in [0, 0.05) is 50.9 Å². The number of carbonyl (C=O) groups excluding carboxylic acids is 2. The molecule has 3 atom stereocenters. The molecular weight excluding hydrogens is 256 g/mol. The smallest absolute Gasteiger partial charge is 0.222 e. The van der Waals surface area contributed by atoms with E-state index >= 15 is 0 Å². The monoisotopic (exact) mass is 280 g/mol. The highest BCUT2D eigenvalue weighted by Crippen LogP contribution is 2.35. The van der Waals surface area contributed by atoms with Crippen LogP contribution in [0, 0.1) is 11.8 Å². The van der Waals surface area contributed by atoms with Crippen molar-refractivity contribution in [3.63, 3.8) is 0 Å². The molecule has 0 unspecified atom stereocenters. The number of hydrogen-bond donors (Lipinski definition) is 0. The van der Waals surface area contributed by atoms with Crippen molar-refractivity contribution >= 4 is 11.8 Å². The topological polar surface area (TPSA) is 49.9 Å². The van der Waals surface area contributed by atoms with Crippen molar-refractivity contribution in [1.29, 1.82) is 0 Å². The molecule has 0 aromatic carbocycles. The molecular formula is C15H24N2O3. The number of ether oxygens (including phenoxy) is 1. The first-order chi connectivity index (χ1) is 9.69. The second-order valence-electron chi connectivity index (χ2n) is 6.29. The maximum atomic E-state index is 12.0. The van der Waals surface area contributed by atoms with E-state index in [1.807, 2.05) is 16.7 Å². The minimum atomic E-state index is 0.193. The van der Waals surface area contributed by atoms with Crippen molar-refractivity contribution in [1.82, 2.24) is 9.80 Å². The summed E-state index contributed by atoms with van der Waals surface area (Å²) in [5.74, 6) is 1.36. The van der Waals surface area contributed by atoms with Gasteiger partial charge in [-0.1, -0.05) is 6.92 Å². The molecule has 0 spiro atoms. The average Bonchev–Trinajstić information content (AvgIpc) is 3.08. The molecule has 3 aliphatic rings. The molecule has 3 rings (SSSR count). The molecule has 3 fully saturated rings. The van der Waals surface area contributed by atoms with Gasteiger partial charge in [-0.15, -0.1) is 0 Å². The summed E-state index contributed by atoms with van der Waals surface area (Å²) in [5.41, 5.74) is 0. The second kappa shape index (κ2) is 5.72. The summed E-state index contributed by atoms with van der Waals surface area (Å²) in [6.07, 6.45) is 3.41. The molecule has 3 saturated heterocycles. The molecule has 0 radical (unpaired) electrons. The Bertz CT molecular complexity index is 399. The highest BCUT2D eigenvalue weighted by atomic mass is 16.5. The van der Waals surface area contributed by atoms with Gasteiger partial charge < -0.3 is 14.5 Å². The van der Waals surface area contributed by atoms with Crippen LogP contribution >= 0.6 is 0 Å². The highest BCUT2D eigenvalue weighted by molar-refractivity contribution is 5.78. The van der Waals surface area contributed by atoms with E-state index in [0.29, 0.717) is 24.7 Å². The van der Waals surface area contributed by atoms with Crippen molar-refractivity contribution in [2.75, 3.05) is 32.8 Å². The average molecular weight is 280 g/mol. The zero-order chi connectivity index (χ0) is 14.1. The third-order valence-electron chi connectivity index (χ3n) is 4.88. The van der Waals surface area contributed by atoms with Gasteiger partial charge in [-0.3, -0.25) is 9.59 Å². The van der Waals surface area contributed by atoms with Crippen LogP contribution in [0.15, 0.2) is 0 Å². The fraction of sp³-hybridized carbons (Fsp3) is 0.867. The highest BCUT2D eigenvalue weighted by Gasteiger charge is 2.45. The third-order valence-corrected chi connectivity index (χ3v) is 4.88. The van der Waals surface area contributed by atoms with Crippen LogP contribution in [0.25, 0.3) is 0 Å². The molecule has 20 heavy (non-hydrogen) atoms. The molecule has 2 amide bonds. The first kappa shape index (κ1) is 13.9. The number of nitrogens with zero attached hydrogens (tertiary/aromatic N) is 2. The number of fused-ring (bicyclic) bond motifs is 1. The standard InChI is InChI=1S/C15H24N2O3/c1-2-4-14(18)17-8-12-11(10-20-13(12)9-17)7-16-6-3-5-15(16)19/h11-13H,2-10H2,1H3/t11-,12-,13-/m1/s1. The predicted octanol–water partition coefficient (Wildman–Crippen LogP) is 0.882. The molecule has 0 bridgehead atoms. The lowest BCUT2D eigenvalue weighted by Gasteiger charge is -2.24. The summed E-state index contributed by atoms with van der Waals surface area (Å²) in [7, 11) is 0. The Balaban J connectivity index is 1.57. The van der Waals surface area contributed by atoms with E-state index in [-0.39, 0.29) is 17.9 Å². The van der Waals surface area contributed by atoms with Crippen LogP contribution in [0.2, 0.25) is 0 Å².